The zero-order valence-corrected chi connectivity index (χ0v) is 17.1. The lowest BCUT2D eigenvalue weighted by Gasteiger charge is -2.15. The van der Waals surface area contributed by atoms with Crippen LogP contribution in [-0.2, 0) is 18.6 Å². The topological polar surface area (TPSA) is 169 Å². The van der Waals surface area contributed by atoms with Crippen LogP contribution in [0.2, 0.25) is 0 Å². The summed E-state index contributed by atoms with van der Waals surface area (Å²) >= 11 is 0. The van der Waals surface area contributed by atoms with Gasteiger partial charge in [-0.3, -0.25) is 29.0 Å². The first-order valence-electron chi connectivity index (χ1n) is 8.87. The largest absolute Gasteiger partial charge is 0.387 e. The van der Waals surface area contributed by atoms with Crippen LogP contribution in [0.4, 0.5) is 10.3 Å². The van der Waals surface area contributed by atoms with Crippen molar-refractivity contribution in [2.75, 3.05) is 12.4 Å². The predicted molar refractivity (Wildman–Crippen MR) is 102 cm³/mol. The summed E-state index contributed by atoms with van der Waals surface area (Å²) in [4.78, 5) is 43.9. The van der Waals surface area contributed by atoms with E-state index in [1.165, 1.54) is 0 Å². The van der Waals surface area contributed by atoms with Gasteiger partial charge in [0.05, 0.1) is 6.33 Å². The van der Waals surface area contributed by atoms with Crippen molar-refractivity contribution in [2.24, 2.45) is 5.92 Å². The van der Waals surface area contributed by atoms with Crippen molar-refractivity contribution >= 4 is 30.6 Å². The summed E-state index contributed by atoms with van der Waals surface area (Å²) < 4.78 is 37.2. The van der Waals surface area contributed by atoms with Gasteiger partial charge in [0.1, 0.15) is 12.2 Å². The van der Waals surface area contributed by atoms with Crippen LogP contribution in [0.25, 0.3) is 11.2 Å². The normalized spacial score (nSPS) is 26.5. The summed E-state index contributed by atoms with van der Waals surface area (Å²) in [5.74, 6) is -0.137. The van der Waals surface area contributed by atoms with Crippen molar-refractivity contribution in [1.29, 1.82) is 0 Å². The van der Waals surface area contributed by atoms with Gasteiger partial charge in [0.2, 0.25) is 11.9 Å². The van der Waals surface area contributed by atoms with Gasteiger partial charge in [-0.1, -0.05) is 13.8 Å². The Morgan fingerprint density at radius 1 is 1.53 bits per heavy atom. The summed E-state index contributed by atoms with van der Waals surface area (Å²) in [6.07, 6.45) is -4.18. The average Bonchev–Trinajstić information content (AvgIpc) is 3.22. The first kappa shape index (κ1) is 22.2. The van der Waals surface area contributed by atoms with Crippen LogP contribution < -0.4 is 10.9 Å². The second-order valence-electron chi connectivity index (χ2n) is 6.90. The number of hydrogen-bond acceptors (Lipinski definition) is 8. The minimum absolute atomic E-state index is 0.0768. The molecule has 1 unspecified atom stereocenters. The number of anilines is 1. The molecule has 12 nitrogen and oxygen atoms in total. The van der Waals surface area contributed by atoms with Gasteiger partial charge in [0, 0.05) is 18.8 Å². The molecule has 1 fully saturated rings. The molecular formula is C16H21FN5O7P. The van der Waals surface area contributed by atoms with Crippen LogP contribution >= 0.6 is 7.60 Å². The molecule has 3 rings (SSSR count). The molecular weight excluding hydrogens is 424 g/mol. The Morgan fingerprint density at radius 3 is 2.87 bits per heavy atom. The molecule has 30 heavy (non-hydrogen) atoms. The minimum Gasteiger partial charge on any atom is -0.387 e. The number of imidazole rings is 1. The third-order valence-electron chi connectivity index (χ3n) is 4.43. The summed E-state index contributed by atoms with van der Waals surface area (Å²) in [5, 5.41) is 12.6. The van der Waals surface area contributed by atoms with Crippen LogP contribution in [0.5, 0.6) is 0 Å². The van der Waals surface area contributed by atoms with Gasteiger partial charge >= 0.3 is 7.60 Å². The van der Waals surface area contributed by atoms with Crippen molar-refractivity contribution in [3.05, 3.63) is 28.6 Å². The van der Waals surface area contributed by atoms with E-state index in [4.69, 9.17) is 4.74 Å². The number of aliphatic hydroxyl groups excluding tert-OH is 1. The Balaban J connectivity index is 1.94. The number of nitrogens with one attached hydrogen (secondary N) is 2. The van der Waals surface area contributed by atoms with Crippen molar-refractivity contribution in [3.8, 4) is 0 Å². The number of hydrogen-bond donors (Lipinski definition) is 4. The van der Waals surface area contributed by atoms with Gasteiger partial charge in [-0.15, -0.1) is 0 Å². The Bertz CT molecular complexity index is 1080. The van der Waals surface area contributed by atoms with E-state index in [0.717, 1.165) is 29.9 Å². The Hall–Kier alpha value is -2.44. The maximum Gasteiger partial charge on any atom is 0.351 e. The number of aromatic nitrogens is 4. The number of amides is 1. The smallest absolute Gasteiger partial charge is 0.351 e. The maximum absolute atomic E-state index is 14.7. The number of fused-ring (bicyclic) bond motifs is 1. The molecule has 1 aliphatic heterocycles. The van der Waals surface area contributed by atoms with Gasteiger partial charge in [-0.2, -0.15) is 4.98 Å². The molecule has 0 saturated carbocycles. The van der Waals surface area contributed by atoms with E-state index in [1.807, 2.05) is 0 Å². The van der Waals surface area contributed by atoms with Gasteiger partial charge in [0.25, 0.3) is 5.56 Å². The van der Waals surface area contributed by atoms with Gasteiger partial charge in [-0.25, -0.2) is 9.37 Å². The molecule has 0 aromatic carbocycles. The summed E-state index contributed by atoms with van der Waals surface area (Å²) in [6, 6.07) is 0. The third kappa shape index (κ3) is 4.35. The fraction of sp³-hybridized carbons (Fsp3) is 0.500. The number of aromatic amines is 1. The molecule has 3 heterocycles. The van der Waals surface area contributed by atoms with Gasteiger partial charge in [0.15, 0.2) is 23.6 Å². The number of carbonyl (C=O) groups excluding carboxylic acids is 1. The number of carbonyl (C=O) groups is 1. The molecule has 1 amide bonds. The van der Waals surface area contributed by atoms with E-state index in [0.29, 0.717) is 0 Å². The lowest BCUT2D eigenvalue weighted by Crippen LogP contribution is -2.27. The molecule has 4 N–H and O–H groups in total. The van der Waals surface area contributed by atoms with Crippen LogP contribution in [0.3, 0.4) is 0 Å². The van der Waals surface area contributed by atoms with Crippen LogP contribution in [0.15, 0.2) is 23.0 Å². The first-order chi connectivity index (χ1) is 14.0. The highest BCUT2D eigenvalue weighted by Crippen LogP contribution is 2.43. The lowest BCUT2D eigenvalue weighted by molar-refractivity contribution is -0.118. The Labute approximate surface area is 169 Å². The van der Waals surface area contributed by atoms with Crippen molar-refractivity contribution in [2.45, 2.75) is 38.5 Å². The standard InChI is InChI=1S/C16H21FN5O7P/c1-7(2)13(24)20-16-19-12-10(14(25)21-16)18-6-22(12)15-9(17)11(23)8(29-15)4-5-30(26,27)28-3/h4-9,11,15,23H,1-3H3,(H,26,27)(H2,19,20,21,24,25)/b5-4+/t8-,9-,11-,15-/m1/s1. The highest BCUT2D eigenvalue weighted by molar-refractivity contribution is 7.56. The average molecular weight is 445 g/mol. The molecule has 0 aliphatic carbocycles. The van der Waals surface area contributed by atoms with E-state index in [2.05, 4.69) is 24.8 Å². The fourth-order valence-electron chi connectivity index (χ4n) is 2.73. The van der Waals surface area contributed by atoms with E-state index in [-0.39, 0.29) is 23.0 Å². The summed E-state index contributed by atoms with van der Waals surface area (Å²) in [5.41, 5.74) is -0.863. The van der Waals surface area contributed by atoms with E-state index in [9.17, 15) is 28.5 Å². The lowest BCUT2D eigenvalue weighted by atomic mass is 10.1. The zero-order chi connectivity index (χ0) is 22.2. The second-order valence-corrected chi connectivity index (χ2v) is 8.69. The number of nitrogens with zero attached hydrogens (tertiary/aromatic N) is 3. The monoisotopic (exact) mass is 445 g/mol. The van der Waals surface area contributed by atoms with Crippen molar-refractivity contribution in [3.63, 3.8) is 0 Å². The molecule has 14 heteroatoms. The quantitative estimate of drug-likeness (QED) is 0.467. The van der Waals surface area contributed by atoms with Crippen LogP contribution in [-0.4, -0.2) is 60.9 Å². The molecule has 1 aliphatic rings. The molecule has 164 valence electrons. The predicted octanol–water partition coefficient (Wildman–Crippen LogP) is 0.656. The van der Waals surface area contributed by atoms with E-state index >= 15 is 0 Å². The molecule has 2 aromatic heterocycles. The highest BCUT2D eigenvalue weighted by Gasteiger charge is 2.45. The Morgan fingerprint density at radius 2 is 2.23 bits per heavy atom. The zero-order valence-electron chi connectivity index (χ0n) is 16.2. The number of halogens is 1. The second kappa shape index (κ2) is 8.36. The first-order valence-corrected chi connectivity index (χ1v) is 10.5. The van der Waals surface area contributed by atoms with Gasteiger partial charge < -0.3 is 19.3 Å². The number of rotatable bonds is 6. The van der Waals surface area contributed by atoms with Crippen LogP contribution in [0, 0.1) is 5.92 Å². The number of ether oxygens (including phenoxy) is 1. The maximum atomic E-state index is 14.7. The van der Waals surface area contributed by atoms with Gasteiger partial charge in [-0.05, 0) is 6.08 Å². The number of aliphatic hydroxyl groups is 1. The summed E-state index contributed by atoms with van der Waals surface area (Å²) in [6.45, 7) is 3.31. The number of alkyl halides is 1. The molecule has 1 saturated heterocycles. The number of H-pyrrole nitrogens is 1. The highest BCUT2D eigenvalue weighted by atomic mass is 31.2. The third-order valence-corrected chi connectivity index (χ3v) is 5.50. The Kier molecular flexibility index (Phi) is 6.20. The SMILES string of the molecule is COP(=O)(O)/C=C/[C@H]1O[C@@H](n2cnc3c(=O)[nH]c(NC(=O)C(C)C)nc32)[C@H](F)[C@@H]1O. The van der Waals surface area contributed by atoms with E-state index < -0.39 is 43.7 Å². The molecule has 0 bridgehead atoms. The van der Waals surface area contributed by atoms with Crippen molar-refractivity contribution in [1.82, 2.24) is 19.5 Å². The fourth-order valence-corrected chi connectivity index (χ4v) is 3.24. The van der Waals surface area contributed by atoms with E-state index in [1.54, 1.807) is 13.8 Å². The molecule has 2 aromatic rings. The summed E-state index contributed by atoms with van der Waals surface area (Å²) in [7, 11) is -3.02. The molecule has 0 spiro atoms. The molecule has 5 atom stereocenters. The van der Waals surface area contributed by atoms with Crippen molar-refractivity contribution < 1.29 is 33.0 Å². The molecule has 0 radical (unpaired) electrons. The minimum atomic E-state index is -4.04. The van der Waals surface area contributed by atoms with Crippen LogP contribution in [0.1, 0.15) is 20.1 Å².